The zero-order valence-electron chi connectivity index (χ0n) is 23.3. The van der Waals surface area contributed by atoms with Crippen molar-refractivity contribution >= 4 is 34.1 Å². The maximum atomic E-state index is 13.5. The van der Waals surface area contributed by atoms with Crippen LogP contribution in [0.15, 0.2) is 66.0 Å². The Morgan fingerprint density at radius 2 is 1.93 bits per heavy atom. The largest absolute Gasteiger partial charge is 0.493 e. The fourth-order valence-corrected chi connectivity index (χ4v) is 5.02. The summed E-state index contributed by atoms with van der Waals surface area (Å²) in [5, 5.41) is 7.55. The number of nitrogens with one attached hydrogen (secondary N) is 2. The molecule has 43 heavy (non-hydrogen) atoms. The lowest BCUT2D eigenvalue weighted by molar-refractivity contribution is 0.0654. The van der Waals surface area contributed by atoms with Crippen molar-refractivity contribution in [2.45, 2.75) is 30.9 Å². The molecule has 0 amide bonds. The molecule has 4 N–H and O–H groups in total. The summed E-state index contributed by atoms with van der Waals surface area (Å²) in [5.74, 6) is 0.126. The molecule has 3 aromatic heterocycles. The fraction of sp³-hybridized carbons (Fsp3) is 0.250. The van der Waals surface area contributed by atoms with E-state index in [0.29, 0.717) is 17.9 Å². The van der Waals surface area contributed by atoms with Crippen LogP contribution in [0.4, 0.5) is 5.82 Å². The predicted molar refractivity (Wildman–Crippen MR) is 161 cm³/mol. The molecule has 1 saturated heterocycles. The summed E-state index contributed by atoms with van der Waals surface area (Å²) < 4.78 is 52.9. The fourth-order valence-electron chi connectivity index (χ4n) is 4.09. The lowest BCUT2D eigenvalue weighted by Gasteiger charge is -2.19. The Bertz CT molecular complexity index is 1700. The Morgan fingerprint density at radius 3 is 2.60 bits per heavy atom. The number of ether oxygens (including phenoxy) is 4. The number of hydrogen-bond donors (Lipinski definition) is 3. The molecule has 13 nitrogen and oxygen atoms in total. The van der Waals surface area contributed by atoms with Crippen molar-refractivity contribution in [2.24, 2.45) is 5.73 Å². The Kier molecular flexibility index (Phi) is 9.95. The number of amidine groups is 1. The molecule has 1 aliphatic heterocycles. The van der Waals surface area contributed by atoms with Crippen LogP contribution in [0.3, 0.4) is 0 Å². The van der Waals surface area contributed by atoms with Gasteiger partial charge in [-0.2, -0.15) is 13.4 Å². The maximum Gasteiger partial charge on any atom is 0.280 e. The monoisotopic (exact) mass is 627 g/mol. The van der Waals surface area contributed by atoms with Gasteiger partial charge in [-0.3, -0.25) is 15.1 Å². The third kappa shape index (κ3) is 7.46. The molecule has 15 heteroatoms. The minimum absolute atomic E-state index is 0. The van der Waals surface area contributed by atoms with E-state index in [1.54, 1.807) is 43.3 Å². The second-order valence-electron chi connectivity index (χ2n) is 9.35. The van der Waals surface area contributed by atoms with Crippen molar-refractivity contribution in [1.82, 2.24) is 19.9 Å². The highest BCUT2D eigenvalue weighted by molar-refractivity contribution is 7.92. The van der Waals surface area contributed by atoms with Gasteiger partial charge < -0.3 is 24.7 Å². The molecule has 1 aliphatic rings. The van der Waals surface area contributed by atoms with Crippen LogP contribution >= 0.6 is 12.4 Å². The number of nitrogens with zero attached hydrogens (tertiary/aromatic N) is 4. The molecule has 1 aromatic carbocycles. The van der Waals surface area contributed by atoms with Crippen LogP contribution in [0, 0.1) is 12.3 Å². The number of hydrogen-bond acceptors (Lipinski definition) is 11. The predicted octanol–water partition coefficient (Wildman–Crippen LogP) is 4.11. The molecule has 1 atom stereocenters. The Hall–Kier alpha value is -4.53. The number of aryl methyl sites for hydroxylation is 1. The molecule has 0 bridgehead atoms. The molecular weight excluding hydrogens is 598 g/mol. The van der Waals surface area contributed by atoms with Gasteiger partial charge in [-0.05, 0) is 55.7 Å². The van der Waals surface area contributed by atoms with Gasteiger partial charge in [-0.15, -0.1) is 12.4 Å². The van der Waals surface area contributed by atoms with E-state index in [2.05, 4.69) is 24.7 Å². The number of nitrogens with two attached hydrogens (primary N) is 1. The van der Waals surface area contributed by atoms with Crippen molar-refractivity contribution in [1.29, 1.82) is 5.41 Å². The van der Waals surface area contributed by atoms with Crippen molar-refractivity contribution in [3.8, 4) is 34.5 Å². The van der Waals surface area contributed by atoms with Gasteiger partial charge in [0.1, 0.15) is 18.1 Å². The standard InChI is InChI=1S/C28H29N7O6S.ClH/c1-17-9-10-23(32-15-17)42(36,37)35-27-24(41-22-8-4-3-7-21(22)38-2)28(40-16-19-6-5-13-39-19)34-26(33-27)18-11-12-31-20(14-18)25(29)30;/h3-4,7-12,14-15,19H,5-6,13,16H2,1-2H3,(H3,29,30)(H,33,34,35);1H. The SMILES string of the molecule is COc1ccccc1Oc1c(NS(=O)(=O)c2ccc(C)cn2)nc(-c2ccnc(C(=N)N)c2)nc1OCC1CCCO1.Cl. The van der Waals surface area contributed by atoms with E-state index in [0.717, 1.165) is 18.4 Å². The van der Waals surface area contributed by atoms with Crippen LogP contribution in [0.5, 0.6) is 23.1 Å². The number of pyridine rings is 2. The van der Waals surface area contributed by atoms with Crippen LogP contribution in [0.25, 0.3) is 11.4 Å². The molecule has 4 heterocycles. The highest BCUT2D eigenvalue weighted by Crippen LogP contribution is 2.41. The number of anilines is 1. The topological polar surface area (TPSA) is 185 Å². The van der Waals surface area contributed by atoms with Crippen LogP contribution in [-0.2, 0) is 14.8 Å². The second kappa shape index (κ2) is 13.6. The normalized spacial score (nSPS) is 14.4. The summed E-state index contributed by atoms with van der Waals surface area (Å²) in [6.45, 7) is 2.56. The van der Waals surface area contributed by atoms with E-state index in [1.165, 1.54) is 31.6 Å². The maximum absolute atomic E-state index is 13.5. The average Bonchev–Trinajstić information content (AvgIpc) is 3.51. The summed E-state index contributed by atoms with van der Waals surface area (Å²) in [6, 6.07) is 13.0. The van der Waals surface area contributed by atoms with Crippen molar-refractivity contribution in [2.75, 3.05) is 25.0 Å². The molecule has 226 valence electrons. The highest BCUT2D eigenvalue weighted by Gasteiger charge is 2.27. The lowest BCUT2D eigenvalue weighted by Crippen LogP contribution is -2.19. The molecule has 0 saturated carbocycles. The number of sulfonamides is 1. The third-order valence-corrected chi connectivity index (χ3v) is 7.48. The quantitative estimate of drug-likeness (QED) is 0.160. The first-order valence-electron chi connectivity index (χ1n) is 13.0. The Morgan fingerprint density at radius 1 is 1.14 bits per heavy atom. The van der Waals surface area contributed by atoms with Gasteiger partial charge in [0, 0.05) is 24.6 Å². The van der Waals surface area contributed by atoms with Crippen LogP contribution in [0.2, 0.25) is 0 Å². The van der Waals surface area contributed by atoms with Gasteiger partial charge in [-0.1, -0.05) is 18.2 Å². The second-order valence-corrected chi connectivity index (χ2v) is 11.0. The third-order valence-electron chi connectivity index (χ3n) is 6.23. The minimum Gasteiger partial charge on any atom is -0.493 e. The Labute approximate surface area is 254 Å². The first kappa shape index (κ1) is 31.4. The van der Waals surface area contributed by atoms with Gasteiger partial charge in [0.05, 0.1) is 13.2 Å². The van der Waals surface area contributed by atoms with Gasteiger partial charge in [0.15, 0.2) is 28.2 Å². The summed E-state index contributed by atoms with van der Waals surface area (Å²) >= 11 is 0. The van der Waals surface area contributed by atoms with E-state index in [4.69, 9.17) is 30.1 Å². The van der Waals surface area contributed by atoms with Crippen LogP contribution in [0.1, 0.15) is 24.1 Å². The number of benzene rings is 1. The zero-order chi connectivity index (χ0) is 29.7. The van der Waals surface area contributed by atoms with Gasteiger partial charge in [0.2, 0.25) is 5.75 Å². The van der Waals surface area contributed by atoms with Gasteiger partial charge in [0.25, 0.3) is 15.9 Å². The number of rotatable bonds is 11. The lowest BCUT2D eigenvalue weighted by atomic mass is 10.2. The first-order chi connectivity index (χ1) is 20.2. The van der Waals surface area contributed by atoms with Crippen molar-refractivity contribution in [3.05, 3.63) is 72.2 Å². The Balaban J connectivity index is 0.00000423. The number of nitrogen functional groups attached to an aromatic ring is 1. The smallest absolute Gasteiger partial charge is 0.280 e. The molecule has 4 aromatic rings. The van der Waals surface area contributed by atoms with Crippen LogP contribution < -0.4 is 24.7 Å². The molecule has 1 fully saturated rings. The van der Waals surface area contributed by atoms with Crippen molar-refractivity contribution in [3.63, 3.8) is 0 Å². The minimum atomic E-state index is -4.24. The van der Waals surface area contributed by atoms with E-state index in [1.807, 2.05) is 0 Å². The van der Waals surface area contributed by atoms with Gasteiger partial charge in [-0.25, -0.2) is 9.97 Å². The molecule has 0 radical (unpaired) electrons. The number of para-hydroxylation sites is 2. The molecule has 0 spiro atoms. The molecule has 1 unspecified atom stereocenters. The highest BCUT2D eigenvalue weighted by atomic mass is 35.5. The van der Waals surface area contributed by atoms with E-state index < -0.39 is 10.0 Å². The van der Waals surface area contributed by atoms with E-state index >= 15 is 0 Å². The molecular formula is C28H30ClN7O6S. The van der Waals surface area contributed by atoms with E-state index in [9.17, 15) is 8.42 Å². The summed E-state index contributed by atoms with van der Waals surface area (Å²) in [5.41, 5.74) is 7.04. The van der Waals surface area contributed by atoms with Gasteiger partial charge >= 0.3 is 0 Å². The van der Waals surface area contributed by atoms with Crippen molar-refractivity contribution < 1.29 is 27.4 Å². The summed E-state index contributed by atoms with van der Waals surface area (Å²) in [4.78, 5) is 17.3. The van der Waals surface area contributed by atoms with E-state index in [-0.39, 0.29) is 70.7 Å². The van der Waals surface area contributed by atoms with Crippen LogP contribution in [-0.4, -0.2) is 60.6 Å². The zero-order valence-corrected chi connectivity index (χ0v) is 24.9. The number of aromatic nitrogens is 4. The molecule has 0 aliphatic carbocycles. The number of methoxy groups -OCH3 is 1. The summed E-state index contributed by atoms with van der Waals surface area (Å²) in [7, 11) is -2.75. The average molecular weight is 628 g/mol. The first-order valence-corrected chi connectivity index (χ1v) is 14.5. The summed E-state index contributed by atoms with van der Waals surface area (Å²) in [6.07, 6.45) is 4.41. The molecule has 5 rings (SSSR count). The number of halogens is 1.